The van der Waals surface area contributed by atoms with E-state index in [4.69, 9.17) is 9.05 Å². The Morgan fingerprint density at radius 3 is 1.48 bits per heavy atom. The van der Waals surface area contributed by atoms with E-state index in [9.17, 15) is 18.9 Å². The largest absolute Gasteiger partial charge is 1.00 e. The average molecular weight is 452 g/mol. The number of phosphoric ester groups is 2. The standard InChI is InChI=1S/C16H14N2O7P2.2Na/c19-26(20,23-15-9-17-13-7-3-1-5-11(13)15)25-27(21,22)24-16-10-18-14-8-4-2-6-12(14)16;;/h1-10,17-18H,(H,19,20)(H,21,22);;/q;2*+1/p-2. The fourth-order valence-corrected chi connectivity index (χ4v) is 4.67. The maximum atomic E-state index is 12.1. The fourth-order valence-electron chi connectivity index (χ4n) is 2.64. The molecular weight excluding hydrogens is 440 g/mol. The van der Waals surface area contributed by atoms with Gasteiger partial charge in [0.05, 0.1) is 0 Å². The van der Waals surface area contributed by atoms with Gasteiger partial charge in [0.15, 0.2) is 11.5 Å². The van der Waals surface area contributed by atoms with Crippen LogP contribution >= 0.6 is 15.6 Å². The number of hydrogen-bond donors (Lipinski definition) is 2. The molecule has 2 atom stereocenters. The topological polar surface area (TPSA) is 140 Å². The summed E-state index contributed by atoms with van der Waals surface area (Å²) in [5.41, 5.74) is 1.24. The SMILES string of the molecule is O=P([O-])(Oc1c[nH]c2ccccc12)OP(=O)([O-])Oc1c[nH]c2ccccc12.[Na+].[Na+]. The molecule has 0 fully saturated rings. The quantitative estimate of drug-likeness (QED) is 0.236. The second kappa shape index (κ2) is 9.73. The van der Waals surface area contributed by atoms with Crippen molar-refractivity contribution >= 4 is 37.5 Å². The van der Waals surface area contributed by atoms with Gasteiger partial charge in [0, 0.05) is 34.2 Å². The number of aromatic nitrogens is 2. The average Bonchev–Trinajstić information content (AvgIpc) is 3.18. The molecule has 0 amide bonds. The molecule has 4 aromatic rings. The van der Waals surface area contributed by atoms with Crippen molar-refractivity contribution in [1.29, 1.82) is 0 Å². The van der Waals surface area contributed by atoms with Gasteiger partial charge in [0.25, 0.3) is 0 Å². The van der Waals surface area contributed by atoms with Crippen molar-refractivity contribution < 1.29 is 91.4 Å². The van der Waals surface area contributed by atoms with E-state index in [1.54, 1.807) is 48.5 Å². The molecule has 140 valence electrons. The van der Waals surface area contributed by atoms with Gasteiger partial charge in [-0.1, -0.05) is 24.3 Å². The zero-order chi connectivity index (χ0) is 19.1. The monoisotopic (exact) mass is 452 g/mol. The van der Waals surface area contributed by atoms with Crippen LogP contribution in [0, 0.1) is 0 Å². The predicted molar refractivity (Wildman–Crippen MR) is 94.2 cm³/mol. The van der Waals surface area contributed by atoms with E-state index in [1.807, 2.05) is 0 Å². The Morgan fingerprint density at radius 1 is 0.690 bits per heavy atom. The number of phosphoric acid groups is 2. The first-order chi connectivity index (χ1) is 12.8. The molecule has 29 heavy (non-hydrogen) atoms. The normalized spacial score (nSPS) is 15.0. The van der Waals surface area contributed by atoms with Gasteiger partial charge in [-0.15, -0.1) is 0 Å². The van der Waals surface area contributed by atoms with E-state index in [-0.39, 0.29) is 70.6 Å². The van der Waals surface area contributed by atoms with Gasteiger partial charge < -0.3 is 28.8 Å². The van der Waals surface area contributed by atoms with E-state index >= 15 is 0 Å². The molecule has 0 radical (unpaired) electrons. The van der Waals surface area contributed by atoms with Crippen LogP contribution in [0.1, 0.15) is 0 Å². The number of rotatable bonds is 6. The van der Waals surface area contributed by atoms with Crippen molar-refractivity contribution in [3.8, 4) is 11.5 Å². The van der Waals surface area contributed by atoms with Crippen LogP contribution in [0.4, 0.5) is 0 Å². The van der Waals surface area contributed by atoms with Crippen molar-refractivity contribution in [2.45, 2.75) is 0 Å². The first kappa shape index (κ1) is 24.7. The van der Waals surface area contributed by atoms with Crippen LogP contribution in [0.5, 0.6) is 11.5 Å². The van der Waals surface area contributed by atoms with Crippen LogP contribution in [0.25, 0.3) is 21.8 Å². The van der Waals surface area contributed by atoms with E-state index in [0.717, 1.165) is 0 Å². The summed E-state index contributed by atoms with van der Waals surface area (Å²) in [5, 5.41) is 0.908. The summed E-state index contributed by atoms with van der Waals surface area (Å²) in [6.45, 7) is 0. The molecule has 0 aliphatic carbocycles. The second-order valence-electron chi connectivity index (χ2n) is 5.56. The summed E-state index contributed by atoms with van der Waals surface area (Å²) in [6.07, 6.45) is 2.57. The molecule has 0 spiro atoms. The number of hydrogen-bond acceptors (Lipinski definition) is 7. The maximum absolute atomic E-state index is 12.1. The third-order valence-electron chi connectivity index (χ3n) is 3.72. The number of para-hydroxylation sites is 2. The Hall–Kier alpha value is -0.540. The summed E-state index contributed by atoms with van der Waals surface area (Å²) in [6, 6.07) is 13.5. The van der Waals surface area contributed by atoms with Crippen LogP contribution in [0.15, 0.2) is 60.9 Å². The second-order valence-corrected chi connectivity index (χ2v) is 8.36. The molecule has 2 N–H and O–H groups in total. The van der Waals surface area contributed by atoms with Crippen LogP contribution in [0.3, 0.4) is 0 Å². The van der Waals surface area contributed by atoms with Crippen molar-refractivity contribution in [2.24, 2.45) is 0 Å². The first-order valence-electron chi connectivity index (χ1n) is 7.68. The molecular formula is C16H12N2Na2O7P2. The van der Waals surface area contributed by atoms with Crippen LogP contribution in [-0.4, -0.2) is 9.97 Å². The summed E-state index contributed by atoms with van der Waals surface area (Å²) in [4.78, 5) is 29.7. The van der Waals surface area contributed by atoms with Crippen LogP contribution in [0.2, 0.25) is 0 Å². The van der Waals surface area contributed by atoms with E-state index in [0.29, 0.717) is 21.8 Å². The molecule has 2 aromatic heterocycles. The Morgan fingerprint density at radius 2 is 1.07 bits per heavy atom. The first-order valence-corrected chi connectivity index (χ1v) is 10.6. The molecule has 0 saturated heterocycles. The number of fused-ring (bicyclic) bond motifs is 2. The number of benzene rings is 2. The Balaban J connectivity index is 0.00000150. The minimum Gasteiger partial charge on any atom is -0.746 e. The van der Waals surface area contributed by atoms with Gasteiger partial charge in [-0.2, -0.15) is 0 Å². The Kier molecular flexibility index (Phi) is 8.29. The van der Waals surface area contributed by atoms with Gasteiger partial charge in [-0.05, 0) is 24.3 Å². The van der Waals surface area contributed by atoms with Gasteiger partial charge in [-0.25, -0.2) is 4.31 Å². The molecule has 0 saturated carbocycles. The Bertz CT molecular complexity index is 1130. The smallest absolute Gasteiger partial charge is 0.746 e. The molecule has 4 rings (SSSR count). The molecule has 2 aromatic carbocycles. The number of aromatic amines is 2. The molecule has 2 unspecified atom stereocenters. The molecule has 2 heterocycles. The van der Waals surface area contributed by atoms with Crippen molar-refractivity contribution in [1.82, 2.24) is 9.97 Å². The summed E-state index contributed by atoms with van der Waals surface area (Å²) in [5.74, 6) is -0.174. The van der Waals surface area contributed by atoms with Gasteiger partial charge in [0.1, 0.15) is 0 Å². The fraction of sp³-hybridized carbons (Fsp3) is 0. The molecule has 13 heteroatoms. The molecule has 9 nitrogen and oxygen atoms in total. The number of H-pyrrole nitrogens is 2. The third-order valence-corrected chi connectivity index (χ3v) is 6.16. The summed E-state index contributed by atoms with van der Waals surface area (Å²) < 4.78 is 37.9. The third kappa shape index (κ3) is 5.79. The van der Waals surface area contributed by atoms with Crippen LogP contribution in [-0.2, 0) is 13.4 Å². The van der Waals surface area contributed by atoms with Gasteiger partial charge >= 0.3 is 74.8 Å². The zero-order valence-corrected chi connectivity index (χ0v) is 21.3. The minimum atomic E-state index is -5.27. The van der Waals surface area contributed by atoms with Crippen molar-refractivity contribution in [3.63, 3.8) is 0 Å². The van der Waals surface area contributed by atoms with E-state index < -0.39 is 15.6 Å². The molecule has 0 aliphatic rings. The Labute approximate surface area is 209 Å². The van der Waals surface area contributed by atoms with E-state index in [2.05, 4.69) is 14.3 Å². The summed E-state index contributed by atoms with van der Waals surface area (Å²) >= 11 is 0. The van der Waals surface area contributed by atoms with Crippen molar-refractivity contribution in [3.05, 3.63) is 60.9 Å². The maximum Gasteiger partial charge on any atom is 1.00 e. The molecule has 0 bridgehead atoms. The molecule has 0 aliphatic heterocycles. The van der Waals surface area contributed by atoms with E-state index in [1.165, 1.54) is 12.4 Å². The van der Waals surface area contributed by atoms with Gasteiger partial charge in [-0.3, -0.25) is 9.13 Å². The van der Waals surface area contributed by atoms with Gasteiger partial charge in [0.2, 0.25) is 0 Å². The zero-order valence-electron chi connectivity index (χ0n) is 15.5. The predicted octanol–water partition coefficient (Wildman–Crippen LogP) is -2.93. The van der Waals surface area contributed by atoms with Crippen LogP contribution < -0.4 is 77.9 Å². The van der Waals surface area contributed by atoms with Crippen molar-refractivity contribution in [2.75, 3.05) is 0 Å². The minimum absolute atomic E-state index is 0. The summed E-state index contributed by atoms with van der Waals surface area (Å²) in [7, 11) is -10.5. The number of nitrogens with one attached hydrogen (secondary N) is 2.